The Labute approximate surface area is 101 Å². The van der Waals surface area contributed by atoms with Gasteiger partial charge in [-0.3, -0.25) is 4.79 Å². The topological polar surface area (TPSA) is 64.3 Å². The molecule has 1 aliphatic rings. The lowest BCUT2D eigenvalue weighted by Crippen LogP contribution is -2.33. The summed E-state index contributed by atoms with van der Waals surface area (Å²) in [6.07, 6.45) is 0. The quantitative estimate of drug-likeness (QED) is 0.677. The molecule has 4 nitrogen and oxygen atoms in total. The fourth-order valence-corrected chi connectivity index (χ4v) is 1.87. The fourth-order valence-electron chi connectivity index (χ4n) is 1.87. The predicted molar refractivity (Wildman–Crippen MR) is 68.2 cm³/mol. The van der Waals surface area contributed by atoms with Crippen LogP contribution in [0.2, 0.25) is 0 Å². The molecule has 0 bridgehead atoms. The average Bonchev–Trinajstić information content (AvgIpc) is 2.35. The Morgan fingerprint density at radius 1 is 1.35 bits per heavy atom. The Morgan fingerprint density at radius 2 is 2.00 bits per heavy atom. The smallest absolute Gasteiger partial charge is 0.233 e. The van der Waals surface area contributed by atoms with Gasteiger partial charge in [0.1, 0.15) is 6.61 Å². The van der Waals surface area contributed by atoms with E-state index in [0.717, 1.165) is 11.1 Å². The number of carbonyl (C=O) groups is 1. The molecular formula is C13H18N2O2. The van der Waals surface area contributed by atoms with Crippen LogP contribution in [0.15, 0.2) is 6.07 Å². The van der Waals surface area contributed by atoms with Gasteiger partial charge in [0, 0.05) is 0 Å². The maximum atomic E-state index is 12.0. The van der Waals surface area contributed by atoms with E-state index >= 15 is 0 Å². The fraction of sp³-hybridized carbons (Fsp3) is 0.462. The number of carbonyl (C=O) groups excluding carboxylic acids is 1. The summed E-state index contributed by atoms with van der Waals surface area (Å²) in [4.78, 5) is 12.0. The third kappa shape index (κ3) is 1.84. The molecule has 0 fully saturated rings. The van der Waals surface area contributed by atoms with Crippen molar-refractivity contribution in [2.45, 2.75) is 27.7 Å². The Balaban J connectivity index is 2.58. The molecule has 1 aromatic rings. The molecule has 0 saturated carbocycles. The molecule has 1 aliphatic heterocycles. The average molecular weight is 234 g/mol. The highest BCUT2D eigenvalue weighted by molar-refractivity contribution is 5.99. The van der Waals surface area contributed by atoms with Crippen LogP contribution in [0.1, 0.15) is 25.0 Å². The van der Waals surface area contributed by atoms with E-state index in [1.807, 2.05) is 33.8 Å². The van der Waals surface area contributed by atoms with Crippen LogP contribution in [0.3, 0.4) is 0 Å². The number of benzene rings is 1. The van der Waals surface area contributed by atoms with Crippen molar-refractivity contribution in [3.05, 3.63) is 17.2 Å². The summed E-state index contributed by atoms with van der Waals surface area (Å²) in [6.45, 7) is 7.91. The minimum atomic E-state index is -0.550. The van der Waals surface area contributed by atoms with Crippen molar-refractivity contribution in [2.75, 3.05) is 17.7 Å². The second-order valence-corrected chi connectivity index (χ2v) is 5.25. The van der Waals surface area contributed by atoms with E-state index in [9.17, 15) is 4.79 Å². The molecule has 92 valence electrons. The van der Waals surface area contributed by atoms with E-state index < -0.39 is 5.41 Å². The van der Waals surface area contributed by atoms with Gasteiger partial charge in [-0.15, -0.1) is 0 Å². The first-order chi connectivity index (χ1) is 7.83. The molecule has 1 amide bonds. The molecule has 2 rings (SSSR count). The van der Waals surface area contributed by atoms with Crippen LogP contribution >= 0.6 is 0 Å². The van der Waals surface area contributed by atoms with Crippen LogP contribution in [0.4, 0.5) is 11.4 Å². The van der Waals surface area contributed by atoms with Gasteiger partial charge in [-0.1, -0.05) is 6.07 Å². The van der Waals surface area contributed by atoms with E-state index in [-0.39, 0.29) is 5.91 Å². The lowest BCUT2D eigenvalue weighted by molar-refractivity contribution is -0.124. The molecule has 17 heavy (non-hydrogen) atoms. The monoisotopic (exact) mass is 234 g/mol. The van der Waals surface area contributed by atoms with Gasteiger partial charge >= 0.3 is 0 Å². The highest BCUT2D eigenvalue weighted by Crippen LogP contribution is 2.40. The van der Waals surface area contributed by atoms with Gasteiger partial charge < -0.3 is 15.8 Å². The number of nitrogens with one attached hydrogen (secondary N) is 1. The predicted octanol–water partition coefficient (Wildman–Crippen LogP) is 2.24. The molecule has 0 saturated heterocycles. The molecule has 0 spiro atoms. The number of anilines is 2. The van der Waals surface area contributed by atoms with Gasteiger partial charge in [0.15, 0.2) is 5.75 Å². The number of rotatable bonds is 0. The number of hydrogen-bond donors (Lipinski definition) is 2. The molecular weight excluding hydrogens is 216 g/mol. The summed E-state index contributed by atoms with van der Waals surface area (Å²) in [6, 6.07) is 1.95. The summed E-state index contributed by atoms with van der Waals surface area (Å²) in [7, 11) is 0. The number of fused-ring (bicyclic) bond motifs is 1. The Morgan fingerprint density at radius 3 is 2.65 bits per heavy atom. The molecule has 1 aromatic carbocycles. The van der Waals surface area contributed by atoms with Crippen LogP contribution in [-0.2, 0) is 4.79 Å². The molecule has 3 N–H and O–H groups in total. The molecule has 0 radical (unpaired) electrons. The third-order valence-electron chi connectivity index (χ3n) is 3.15. The number of nitrogens with two attached hydrogens (primary N) is 1. The third-order valence-corrected chi connectivity index (χ3v) is 3.15. The summed E-state index contributed by atoms with van der Waals surface area (Å²) in [5, 5.41) is 2.91. The second kappa shape index (κ2) is 3.65. The van der Waals surface area contributed by atoms with Gasteiger partial charge in [0.05, 0.1) is 16.8 Å². The Kier molecular flexibility index (Phi) is 2.53. The molecule has 4 heteroatoms. The van der Waals surface area contributed by atoms with Crippen molar-refractivity contribution in [2.24, 2.45) is 5.41 Å². The normalized spacial score (nSPS) is 17.8. The number of hydrogen-bond acceptors (Lipinski definition) is 3. The van der Waals surface area contributed by atoms with Gasteiger partial charge in [0.2, 0.25) is 5.91 Å². The Bertz CT molecular complexity index is 493. The maximum Gasteiger partial charge on any atom is 0.233 e. The minimum Gasteiger partial charge on any atom is -0.488 e. The zero-order chi connectivity index (χ0) is 12.8. The van der Waals surface area contributed by atoms with E-state index in [1.54, 1.807) is 0 Å². The van der Waals surface area contributed by atoms with Crippen LogP contribution in [0, 0.1) is 19.3 Å². The van der Waals surface area contributed by atoms with Gasteiger partial charge in [0.25, 0.3) is 0 Å². The SMILES string of the molecule is Cc1cc(C)c2c(c1N)OCC(C)(C)C(=O)N2. The van der Waals surface area contributed by atoms with E-state index in [4.69, 9.17) is 10.5 Å². The Hall–Kier alpha value is -1.71. The molecule has 0 unspecified atom stereocenters. The second-order valence-electron chi connectivity index (χ2n) is 5.25. The zero-order valence-electron chi connectivity index (χ0n) is 10.7. The molecule has 0 aromatic heterocycles. The van der Waals surface area contributed by atoms with Crippen molar-refractivity contribution in [1.29, 1.82) is 0 Å². The first kappa shape index (κ1) is 11.8. The molecule has 0 aliphatic carbocycles. The van der Waals surface area contributed by atoms with E-state index in [2.05, 4.69) is 5.32 Å². The minimum absolute atomic E-state index is 0.0393. The maximum absolute atomic E-state index is 12.0. The van der Waals surface area contributed by atoms with Crippen LogP contribution in [0.5, 0.6) is 5.75 Å². The number of aryl methyl sites for hydroxylation is 2. The van der Waals surface area contributed by atoms with Crippen LogP contribution < -0.4 is 15.8 Å². The standard InChI is InChI=1S/C13H18N2O2/c1-7-5-8(2)10-11(9(7)14)17-6-13(3,4)12(16)15-10/h5H,6,14H2,1-4H3,(H,15,16). The molecule has 1 heterocycles. The van der Waals surface area contributed by atoms with E-state index in [1.165, 1.54) is 0 Å². The summed E-state index contributed by atoms with van der Waals surface area (Å²) in [5.41, 5.74) is 8.69. The van der Waals surface area contributed by atoms with Crippen molar-refractivity contribution >= 4 is 17.3 Å². The van der Waals surface area contributed by atoms with Crippen LogP contribution in [-0.4, -0.2) is 12.5 Å². The first-order valence-corrected chi connectivity index (χ1v) is 5.67. The highest BCUT2D eigenvalue weighted by Gasteiger charge is 2.33. The summed E-state index contributed by atoms with van der Waals surface area (Å²) >= 11 is 0. The first-order valence-electron chi connectivity index (χ1n) is 5.67. The largest absolute Gasteiger partial charge is 0.488 e. The number of nitrogen functional groups attached to an aromatic ring is 1. The zero-order valence-corrected chi connectivity index (χ0v) is 10.7. The van der Waals surface area contributed by atoms with Gasteiger partial charge in [-0.2, -0.15) is 0 Å². The van der Waals surface area contributed by atoms with Gasteiger partial charge in [-0.25, -0.2) is 0 Å². The number of ether oxygens (including phenoxy) is 1. The van der Waals surface area contributed by atoms with Gasteiger partial charge in [-0.05, 0) is 38.8 Å². The lowest BCUT2D eigenvalue weighted by Gasteiger charge is -2.18. The lowest BCUT2D eigenvalue weighted by atomic mass is 9.94. The van der Waals surface area contributed by atoms with E-state index in [0.29, 0.717) is 23.7 Å². The highest BCUT2D eigenvalue weighted by atomic mass is 16.5. The molecule has 0 atom stereocenters. The number of amides is 1. The van der Waals surface area contributed by atoms with Crippen molar-refractivity contribution in [3.8, 4) is 5.75 Å². The van der Waals surface area contributed by atoms with Crippen molar-refractivity contribution < 1.29 is 9.53 Å². The van der Waals surface area contributed by atoms with Crippen molar-refractivity contribution in [1.82, 2.24) is 0 Å². The van der Waals surface area contributed by atoms with Crippen LogP contribution in [0.25, 0.3) is 0 Å². The van der Waals surface area contributed by atoms with Crippen molar-refractivity contribution in [3.63, 3.8) is 0 Å². The summed E-state index contributed by atoms with van der Waals surface area (Å²) < 4.78 is 5.72. The summed E-state index contributed by atoms with van der Waals surface area (Å²) in [5.74, 6) is 0.559.